The highest BCUT2D eigenvalue weighted by Gasteiger charge is 2.43. The summed E-state index contributed by atoms with van der Waals surface area (Å²) in [6.07, 6.45) is -1.79. The minimum absolute atomic E-state index is 0.0225. The summed E-state index contributed by atoms with van der Waals surface area (Å²) in [6.45, 7) is 3.38. The van der Waals surface area contributed by atoms with Crippen molar-refractivity contribution in [1.29, 1.82) is 5.26 Å². The molecular weight excluding hydrogens is 652 g/mol. The van der Waals surface area contributed by atoms with Gasteiger partial charge in [-0.2, -0.15) is 18.4 Å². The summed E-state index contributed by atoms with van der Waals surface area (Å²) in [5, 5.41) is 22.2. The minimum atomic E-state index is -4.69. The van der Waals surface area contributed by atoms with Crippen LogP contribution in [0.15, 0.2) is 54.0 Å². The number of nitriles is 1. The zero-order valence-corrected chi connectivity index (χ0v) is 27.0. The monoisotopic (exact) mass is 681 g/mol. The van der Waals surface area contributed by atoms with E-state index in [2.05, 4.69) is 21.9 Å². The first-order valence-corrected chi connectivity index (χ1v) is 16.5. The zero-order valence-electron chi connectivity index (χ0n) is 25.3. The molecule has 10 nitrogen and oxygen atoms in total. The average Bonchev–Trinajstić information content (AvgIpc) is 3.87. The number of fused-ring (bicyclic) bond motifs is 1. The first kappa shape index (κ1) is 32.5. The summed E-state index contributed by atoms with van der Waals surface area (Å²) in [6, 6.07) is 11.7. The van der Waals surface area contributed by atoms with E-state index in [1.807, 2.05) is 23.3 Å². The SMILES string of the molecule is CCn1cc(C(NNc2nc(-c3ccc(OC)cc3)c(C#N)s2)C(F)(F)F)c2cc(-c3nc(CN4CCC[C@H]4C(=O)O)cs3)ccc21. The quantitative estimate of drug-likeness (QED) is 0.126. The van der Waals surface area contributed by atoms with Crippen LogP contribution < -0.4 is 15.6 Å². The topological polar surface area (TPSA) is 128 Å². The molecule has 1 aliphatic heterocycles. The predicted molar refractivity (Wildman–Crippen MR) is 174 cm³/mol. The summed E-state index contributed by atoms with van der Waals surface area (Å²) in [7, 11) is 1.53. The standard InChI is InChI=1S/C32H30F3N7O3S2/c1-3-41-16-23(22-13-19(8-11-24(22)41)29-37-20(17-46-29)15-42-12-4-5-25(42)30(43)44)28(32(33,34)35)39-40-31-38-27(26(14-36)47-31)18-6-9-21(45-2)10-7-18/h6-11,13,16-17,25,28,39H,3-5,12,15H2,1-2H3,(H,38,40)(H,43,44)/t25-,28?/m0/s1. The first-order valence-electron chi connectivity index (χ1n) is 14.8. The third kappa shape index (κ3) is 6.68. The summed E-state index contributed by atoms with van der Waals surface area (Å²) in [5.74, 6) is -0.229. The Labute approximate surface area is 276 Å². The number of halogens is 3. The molecule has 47 heavy (non-hydrogen) atoms. The Morgan fingerprint density at radius 1 is 1.21 bits per heavy atom. The number of thiazole rings is 2. The normalized spacial score (nSPS) is 16.0. The van der Waals surface area contributed by atoms with E-state index in [1.165, 1.54) is 24.6 Å². The highest BCUT2D eigenvalue weighted by molar-refractivity contribution is 7.16. The molecule has 3 N–H and O–H groups in total. The Kier molecular flexibility index (Phi) is 9.20. The molecule has 4 heterocycles. The number of carboxylic acid groups (broad SMARTS) is 1. The highest BCUT2D eigenvalue weighted by atomic mass is 32.1. The Hall–Kier alpha value is -4.49. The number of rotatable bonds is 11. The maximum atomic E-state index is 14.7. The first-order chi connectivity index (χ1) is 22.6. The van der Waals surface area contributed by atoms with Crippen LogP contribution in [0, 0.1) is 11.3 Å². The molecule has 0 spiro atoms. The number of nitrogens with one attached hydrogen (secondary N) is 2. The molecule has 0 aliphatic carbocycles. The maximum absolute atomic E-state index is 14.7. The van der Waals surface area contributed by atoms with Crippen molar-refractivity contribution in [3.63, 3.8) is 0 Å². The van der Waals surface area contributed by atoms with Crippen molar-refractivity contribution in [1.82, 2.24) is 24.9 Å². The van der Waals surface area contributed by atoms with Crippen molar-refractivity contribution in [2.45, 2.75) is 51.1 Å². The van der Waals surface area contributed by atoms with Crippen molar-refractivity contribution < 1.29 is 27.8 Å². The summed E-state index contributed by atoms with van der Waals surface area (Å²) < 4.78 is 51.0. The number of aryl methyl sites for hydroxylation is 1. The number of carboxylic acids is 1. The number of hydrogen-bond donors (Lipinski definition) is 3. The van der Waals surface area contributed by atoms with Gasteiger partial charge in [0.05, 0.1) is 12.8 Å². The zero-order chi connectivity index (χ0) is 33.3. The second kappa shape index (κ2) is 13.3. The molecule has 3 aromatic heterocycles. The second-order valence-electron chi connectivity index (χ2n) is 11.0. The molecule has 0 bridgehead atoms. The van der Waals surface area contributed by atoms with Crippen molar-refractivity contribution in [2.75, 3.05) is 19.1 Å². The van der Waals surface area contributed by atoms with E-state index >= 15 is 0 Å². The minimum Gasteiger partial charge on any atom is -0.497 e. The number of aromatic nitrogens is 3. The number of hydrazine groups is 1. The van der Waals surface area contributed by atoms with Gasteiger partial charge in [-0.3, -0.25) is 15.1 Å². The number of benzene rings is 2. The number of carbonyl (C=O) groups is 1. The van der Waals surface area contributed by atoms with E-state index in [-0.39, 0.29) is 15.6 Å². The van der Waals surface area contributed by atoms with E-state index < -0.39 is 24.2 Å². The number of methoxy groups -OCH3 is 1. The van der Waals surface area contributed by atoms with Gasteiger partial charge in [-0.25, -0.2) is 15.4 Å². The van der Waals surface area contributed by atoms with Gasteiger partial charge in [-0.15, -0.1) is 11.3 Å². The molecule has 0 radical (unpaired) electrons. The third-order valence-electron chi connectivity index (χ3n) is 8.12. The van der Waals surface area contributed by atoms with Crippen LogP contribution in [0.5, 0.6) is 5.75 Å². The van der Waals surface area contributed by atoms with E-state index in [0.29, 0.717) is 64.5 Å². The fourth-order valence-corrected chi connectivity index (χ4v) is 7.38. The maximum Gasteiger partial charge on any atom is 0.409 e. The fraction of sp³-hybridized carbons (Fsp3) is 0.312. The van der Waals surface area contributed by atoms with Crippen LogP contribution in [0.4, 0.5) is 18.3 Å². The van der Waals surface area contributed by atoms with Gasteiger partial charge >= 0.3 is 12.1 Å². The fourth-order valence-electron chi connectivity index (χ4n) is 5.83. The molecule has 5 aromatic rings. The molecule has 1 aliphatic rings. The lowest BCUT2D eigenvalue weighted by atomic mass is 10.0. The molecule has 0 amide bonds. The van der Waals surface area contributed by atoms with E-state index in [4.69, 9.17) is 9.72 Å². The largest absolute Gasteiger partial charge is 0.497 e. The molecule has 1 fully saturated rings. The van der Waals surface area contributed by atoms with Crippen LogP contribution in [-0.4, -0.2) is 56.4 Å². The van der Waals surface area contributed by atoms with Gasteiger partial charge in [0.2, 0.25) is 0 Å². The van der Waals surface area contributed by atoms with Crippen molar-refractivity contribution >= 4 is 44.7 Å². The Bertz CT molecular complexity index is 1950. The summed E-state index contributed by atoms with van der Waals surface area (Å²) >= 11 is 2.32. The van der Waals surface area contributed by atoms with Gasteiger partial charge < -0.3 is 14.4 Å². The van der Waals surface area contributed by atoms with Gasteiger partial charge in [0.25, 0.3) is 0 Å². The lowest BCUT2D eigenvalue weighted by molar-refractivity contribution is -0.156. The third-order valence-corrected chi connectivity index (χ3v) is 9.93. The van der Waals surface area contributed by atoms with Crippen molar-refractivity contribution in [3.05, 3.63) is 70.2 Å². The molecule has 6 rings (SSSR count). The van der Waals surface area contributed by atoms with Crippen LogP contribution in [0.3, 0.4) is 0 Å². The van der Waals surface area contributed by atoms with Crippen LogP contribution >= 0.6 is 22.7 Å². The molecule has 1 unspecified atom stereocenters. The number of alkyl halides is 3. The van der Waals surface area contributed by atoms with E-state index in [1.54, 1.807) is 41.0 Å². The number of hydrogen-bond acceptors (Lipinski definition) is 10. The Balaban J connectivity index is 1.28. The number of likely N-dealkylation sites (tertiary alicyclic amines) is 1. The molecule has 15 heteroatoms. The number of ether oxygens (including phenoxy) is 1. The number of aliphatic carboxylic acids is 1. The van der Waals surface area contributed by atoms with Crippen LogP contribution in [0.25, 0.3) is 32.7 Å². The van der Waals surface area contributed by atoms with Crippen LogP contribution in [0.2, 0.25) is 0 Å². The summed E-state index contributed by atoms with van der Waals surface area (Å²) in [4.78, 5) is 22.9. The smallest absolute Gasteiger partial charge is 0.409 e. The average molecular weight is 682 g/mol. The lowest BCUT2D eigenvalue weighted by Crippen LogP contribution is -2.37. The van der Waals surface area contributed by atoms with Gasteiger partial charge in [0.1, 0.15) is 39.5 Å². The Morgan fingerprint density at radius 2 is 1.98 bits per heavy atom. The predicted octanol–water partition coefficient (Wildman–Crippen LogP) is 7.06. The van der Waals surface area contributed by atoms with E-state index in [9.17, 15) is 28.3 Å². The lowest BCUT2D eigenvalue weighted by Gasteiger charge is -2.21. The van der Waals surface area contributed by atoms with Gasteiger partial charge in [-0.1, -0.05) is 11.3 Å². The van der Waals surface area contributed by atoms with Gasteiger partial charge in [-0.05, 0) is 68.8 Å². The number of anilines is 1. The molecule has 244 valence electrons. The molecule has 2 aromatic carbocycles. The second-order valence-corrected chi connectivity index (χ2v) is 12.9. The van der Waals surface area contributed by atoms with Gasteiger partial charge in [0.15, 0.2) is 5.13 Å². The molecule has 2 atom stereocenters. The van der Waals surface area contributed by atoms with Crippen molar-refractivity contribution in [2.24, 2.45) is 0 Å². The van der Waals surface area contributed by atoms with Crippen LogP contribution in [-0.2, 0) is 17.9 Å². The number of nitrogens with zero attached hydrogens (tertiary/aromatic N) is 5. The van der Waals surface area contributed by atoms with Crippen LogP contribution in [0.1, 0.15) is 41.9 Å². The van der Waals surface area contributed by atoms with Crippen molar-refractivity contribution in [3.8, 4) is 33.6 Å². The van der Waals surface area contributed by atoms with E-state index in [0.717, 1.165) is 23.5 Å². The molecule has 1 saturated heterocycles. The molecule has 0 saturated carbocycles. The Morgan fingerprint density at radius 3 is 2.66 bits per heavy atom. The highest BCUT2D eigenvalue weighted by Crippen LogP contribution is 2.40. The van der Waals surface area contributed by atoms with Gasteiger partial charge in [0, 0.05) is 52.3 Å². The molecular formula is C32H30F3N7O3S2. The summed E-state index contributed by atoms with van der Waals surface area (Å²) in [5.41, 5.74) is 8.09.